The molecule has 0 atom stereocenters. The minimum atomic E-state index is -1.90. The van der Waals surface area contributed by atoms with Crippen LogP contribution in [0.25, 0.3) is 21.3 Å². The molecule has 2 fully saturated rings. The Labute approximate surface area is 188 Å². The molecule has 5 rings (SSSR count). The number of hydrogen-bond donors (Lipinski definition) is 1. The van der Waals surface area contributed by atoms with E-state index in [0.29, 0.717) is 5.13 Å². The number of carbonyl (C=O) groups is 1. The van der Waals surface area contributed by atoms with Gasteiger partial charge in [-0.15, -0.1) is 0 Å². The first-order chi connectivity index (χ1) is 15.6. The molecule has 2 aromatic heterocycles. The summed E-state index contributed by atoms with van der Waals surface area (Å²) in [5.41, 5.74) is 0.791. The molecule has 0 aliphatic carbocycles. The van der Waals surface area contributed by atoms with Crippen molar-refractivity contribution in [3.8, 4) is 10.4 Å². The predicted molar refractivity (Wildman–Crippen MR) is 119 cm³/mol. The molecule has 1 N–H and O–H groups in total. The lowest BCUT2D eigenvalue weighted by molar-refractivity contribution is -0.133. The molecule has 0 bridgehead atoms. The number of halogens is 1. The van der Waals surface area contributed by atoms with E-state index in [1.54, 1.807) is 6.20 Å². The summed E-state index contributed by atoms with van der Waals surface area (Å²) in [5, 5.41) is 12.7. The van der Waals surface area contributed by atoms with Crippen molar-refractivity contribution in [1.29, 1.82) is 0 Å². The molecule has 0 unspecified atom stereocenters. The fraction of sp³-hybridized carbons (Fsp3) is 0.455. The lowest BCUT2D eigenvalue weighted by Crippen LogP contribution is -2.43. The van der Waals surface area contributed by atoms with E-state index < -0.39 is 11.6 Å². The third-order valence-corrected chi connectivity index (χ3v) is 6.79. The van der Waals surface area contributed by atoms with Crippen LogP contribution in [0.2, 0.25) is 0 Å². The van der Waals surface area contributed by atoms with Gasteiger partial charge >= 0.3 is 0 Å². The number of hydrogen-bond acceptors (Lipinski definition) is 8. The molecule has 0 spiro atoms. The molecule has 2 aliphatic rings. The number of thiazole rings is 1. The average Bonchev–Trinajstić information content (AvgIpc) is 3.28. The largest absolute Gasteiger partial charge is 0.381 e. The summed E-state index contributed by atoms with van der Waals surface area (Å²) in [6, 6.07) is 7.98. The maximum atomic E-state index is 14.8. The fourth-order valence-corrected chi connectivity index (χ4v) is 4.71. The van der Waals surface area contributed by atoms with Crippen LogP contribution in [-0.4, -0.2) is 71.2 Å². The molecule has 4 heterocycles. The molecule has 2 saturated heterocycles. The number of amides is 1. The second-order valence-corrected chi connectivity index (χ2v) is 9.09. The maximum absolute atomic E-state index is 14.8. The van der Waals surface area contributed by atoms with Crippen LogP contribution in [0.5, 0.6) is 0 Å². The van der Waals surface area contributed by atoms with E-state index in [4.69, 9.17) is 9.47 Å². The van der Waals surface area contributed by atoms with Crippen molar-refractivity contribution < 1.29 is 18.7 Å². The van der Waals surface area contributed by atoms with Gasteiger partial charge in [0.25, 0.3) is 5.91 Å². The SMILES string of the molecule is O=C(Nc1ncc(-c2ccc3nnc(CN4CCOCC4)cc3c2)s1)C1(F)CCOCC1. The van der Waals surface area contributed by atoms with Gasteiger partial charge in [0, 0.05) is 44.1 Å². The third kappa shape index (κ3) is 4.63. The number of nitrogens with one attached hydrogen (secondary N) is 1. The van der Waals surface area contributed by atoms with E-state index in [-0.39, 0.29) is 26.1 Å². The summed E-state index contributed by atoms with van der Waals surface area (Å²) in [6.45, 7) is 4.51. The van der Waals surface area contributed by atoms with Crippen LogP contribution in [0.1, 0.15) is 18.5 Å². The highest BCUT2D eigenvalue weighted by Gasteiger charge is 2.40. The normalized spacial score (nSPS) is 19.2. The van der Waals surface area contributed by atoms with Gasteiger partial charge in [-0.25, -0.2) is 9.37 Å². The maximum Gasteiger partial charge on any atom is 0.264 e. The van der Waals surface area contributed by atoms with Crippen molar-refractivity contribution in [2.75, 3.05) is 44.8 Å². The topological polar surface area (TPSA) is 89.5 Å². The summed E-state index contributed by atoms with van der Waals surface area (Å²) in [4.78, 5) is 19.9. The number of nitrogens with zero attached hydrogens (tertiary/aromatic N) is 4. The van der Waals surface area contributed by atoms with E-state index in [0.717, 1.165) is 59.9 Å². The minimum absolute atomic E-state index is 0.0650. The number of rotatable bonds is 5. The zero-order valence-corrected chi connectivity index (χ0v) is 18.4. The molecule has 10 heteroatoms. The average molecular weight is 458 g/mol. The monoisotopic (exact) mass is 457 g/mol. The summed E-state index contributed by atoms with van der Waals surface area (Å²) in [7, 11) is 0. The summed E-state index contributed by atoms with van der Waals surface area (Å²) >= 11 is 1.32. The van der Waals surface area contributed by atoms with Gasteiger partial charge < -0.3 is 9.47 Å². The second-order valence-electron chi connectivity index (χ2n) is 8.06. The highest BCUT2D eigenvalue weighted by atomic mass is 32.1. The first-order valence-corrected chi connectivity index (χ1v) is 11.5. The lowest BCUT2D eigenvalue weighted by atomic mass is 9.96. The summed E-state index contributed by atoms with van der Waals surface area (Å²) in [5.74, 6) is -0.650. The Kier molecular flexibility index (Phi) is 6.09. The molecule has 3 aromatic rings. The lowest BCUT2D eigenvalue weighted by Gasteiger charge is -2.27. The number of benzene rings is 1. The standard InChI is InChI=1S/C22H24FN5O3S/c23-22(3-7-30-8-4-22)20(29)25-21-24-13-19(32-21)15-1-2-18-16(11-15)12-17(26-27-18)14-28-5-9-31-10-6-28/h1-2,11-13H,3-10,14H2,(H,24,25,29). The van der Waals surface area contributed by atoms with E-state index in [1.807, 2.05) is 18.2 Å². The van der Waals surface area contributed by atoms with Crippen molar-refractivity contribution >= 4 is 33.3 Å². The summed E-state index contributed by atoms with van der Waals surface area (Å²) < 4.78 is 25.4. The second kappa shape index (κ2) is 9.14. The molecule has 1 aromatic carbocycles. The Hall–Kier alpha value is -2.53. The van der Waals surface area contributed by atoms with E-state index >= 15 is 0 Å². The molecule has 0 saturated carbocycles. The van der Waals surface area contributed by atoms with Crippen LogP contribution in [-0.2, 0) is 20.8 Å². The third-order valence-electron chi connectivity index (χ3n) is 5.83. The van der Waals surface area contributed by atoms with E-state index in [9.17, 15) is 9.18 Å². The van der Waals surface area contributed by atoms with Crippen molar-refractivity contribution in [2.45, 2.75) is 25.1 Å². The minimum Gasteiger partial charge on any atom is -0.381 e. The van der Waals surface area contributed by atoms with Crippen LogP contribution >= 0.6 is 11.3 Å². The highest BCUT2D eigenvalue weighted by molar-refractivity contribution is 7.19. The van der Waals surface area contributed by atoms with Crippen LogP contribution in [0, 0.1) is 0 Å². The van der Waals surface area contributed by atoms with Gasteiger partial charge in [-0.2, -0.15) is 10.2 Å². The Morgan fingerprint density at radius 1 is 1.12 bits per heavy atom. The van der Waals surface area contributed by atoms with Crippen molar-refractivity contribution in [1.82, 2.24) is 20.1 Å². The molecule has 32 heavy (non-hydrogen) atoms. The van der Waals surface area contributed by atoms with Gasteiger partial charge in [-0.1, -0.05) is 17.4 Å². The number of anilines is 1. The number of carbonyl (C=O) groups excluding carboxylic acids is 1. The molecular formula is C22H24FN5O3S. The van der Waals surface area contributed by atoms with Gasteiger partial charge in [0.05, 0.1) is 42.5 Å². The van der Waals surface area contributed by atoms with Crippen molar-refractivity contribution in [3.63, 3.8) is 0 Å². The van der Waals surface area contributed by atoms with Gasteiger partial charge in [-0.05, 0) is 23.8 Å². The predicted octanol–water partition coefficient (Wildman–Crippen LogP) is 3.04. The number of morpholine rings is 1. The smallest absolute Gasteiger partial charge is 0.264 e. The van der Waals surface area contributed by atoms with E-state index in [2.05, 4.69) is 31.5 Å². The Morgan fingerprint density at radius 3 is 2.72 bits per heavy atom. The first-order valence-electron chi connectivity index (χ1n) is 10.7. The van der Waals surface area contributed by atoms with Gasteiger partial charge in [-0.3, -0.25) is 15.0 Å². The number of aromatic nitrogens is 3. The van der Waals surface area contributed by atoms with Crippen molar-refractivity contribution in [3.05, 3.63) is 36.2 Å². The van der Waals surface area contributed by atoms with Crippen LogP contribution in [0.4, 0.5) is 9.52 Å². The molecule has 168 valence electrons. The molecule has 2 aliphatic heterocycles. The first kappa shape index (κ1) is 21.3. The zero-order valence-electron chi connectivity index (χ0n) is 17.6. The molecule has 1 amide bonds. The highest BCUT2D eigenvalue weighted by Crippen LogP contribution is 2.33. The van der Waals surface area contributed by atoms with E-state index in [1.165, 1.54) is 11.3 Å². The van der Waals surface area contributed by atoms with Gasteiger partial charge in [0.1, 0.15) is 0 Å². The molecule has 0 radical (unpaired) electrons. The number of ether oxygens (including phenoxy) is 2. The number of alkyl halides is 1. The van der Waals surface area contributed by atoms with Crippen LogP contribution < -0.4 is 5.32 Å². The van der Waals surface area contributed by atoms with Gasteiger partial charge in [0.2, 0.25) is 0 Å². The van der Waals surface area contributed by atoms with Crippen molar-refractivity contribution in [2.24, 2.45) is 0 Å². The van der Waals surface area contributed by atoms with Crippen LogP contribution in [0.3, 0.4) is 0 Å². The quantitative estimate of drug-likeness (QED) is 0.630. The number of fused-ring (bicyclic) bond motifs is 1. The molecular weight excluding hydrogens is 433 g/mol. The molecule has 8 nitrogen and oxygen atoms in total. The fourth-order valence-electron chi connectivity index (χ4n) is 3.90. The van der Waals surface area contributed by atoms with Gasteiger partial charge in [0.15, 0.2) is 10.8 Å². The Balaban J connectivity index is 1.32. The zero-order chi connectivity index (χ0) is 22.0. The summed E-state index contributed by atoms with van der Waals surface area (Å²) in [6.07, 6.45) is 1.82. The Morgan fingerprint density at radius 2 is 1.91 bits per heavy atom. The van der Waals surface area contributed by atoms with Crippen LogP contribution in [0.15, 0.2) is 30.5 Å². The Bertz CT molecular complexity index is 1110.